The van der Waals surface area contributed by atoms with E-state index in [9.17, 15) is 0 Å². The molecule has 5 nitrogen and oxygen atoms in total. The first-order valence-electron chi connectivity index (χ1n) is 6.62. The molecule has 0 fully saturated rings. The zero-order valence-corrected chi connectivity index (χ0v) is 12.5. The van der Waals surface area contributed by atoms with Crippen molar-refractivity contribution < 1.29 is 4.74 Å². The van der Waals surface area contributed by atoms with Crippen molar-refractivity contribution in [1.82, 2.24) is 14.6 Å². The van der Waals surface area contributed by atoms with Gasteiger partial charge in [-0.3, -0.25) is 0 Å². The Morgan fingerprint density at radius 3 is 2.86 bits per heavy atom. The molecule has 108 valence electrons. The van der Waals surface area contributed by atoms with Gasteiger partial charge < -0.3 is 10.5 Å². The molecule has 0 bridgehead atoms. The average Bonchev–Trinajstić information content (AvgIpc) is 2.88. The monoisotopic (exact) mass is 302 g/mol. The highest BCUT2D eigenvalue weighted by molar-refractivity contribution is 6.30. The van der Waals surface area contributed by atoms with E-state index in [-0.39, 0.29) is 0 Å². The first-order chi connectivity index (χ1) is 10.0. The molecule has 1 aromatic carbocycles. The van der Waals surface area contributed by atoms with Gasteiger partial charge in [-0.2, -0.15) is 5.10 Å². The molecule has 0 aliphatic rings. The third-order valence-corrected chi connectivity index (χ3v) is 3.38. The molecule has 0 spiro atoms. The largest absolute Gasteiger partial charge is 0.435 e. The highest BCUT2D eigenvalue weighted by Crippen LogP contribution is 2.31. The van der Waals surface area contributed by atoms with Crippen LogP contribution in [0.3, 0.4) is 0 Å². The Hall–Kier alpha value is -2.27. The maximum Gasteiger partial charge on any atom is 0.245 e. The molecule has 6 heteroatoms. The summed E-state index contributed by atoms with van der Waals surface area (Å²) in [7, 11) is 0. The molecule has 2 aromatic heterocycles. The van der Waals surface area contributed by atoms with Crippen molar-refractivity contribution >= 4 is 22.8 Å². The average molecular weight is 303 g/mol. The second kappa shape index (κ2) is 5.26. The summed E-state index contributed by atoms with van der Waals surface area (Å²) >= 11 is 5.97. The van der Waals surface area contributed by atoms with Crippen LogP contribution in [0.4, 0.5) is 5.69 Å². The molecule has 0 saturated carbocycles. The van der Waals surface area contributed by atoms with E-state index in [2.05, 4.69) is 23.9 Å². The number of ether oxygens (including phenoxy) is 1. The lowest BCUT2D eigenvalue weighted by molar-refractivity contribution is 0.468. The van der Waals surface area contributed by atoms with E-state index in [1.807, 2.05) is 6.07 Å². The number of rotatable bonds is 3. The molecule has 3 aromatic rings. The molecule has 0 radical (unpaired) electrons. The summed E-state index contributed by atoms with van der Waals surface area (Å²) in [6, 6.07) is 7.05. The van der Waals surface area contributed by atoms with Crippen LogP contribution >= 0.6 is 11.6 Å². The van der Waals surface area contributed by atoms with Crippen molar-refractivity contribution in [2.75, 3.05) is 5.73 Å². The third kappa shape index (κ3) is 2.64. The predicted octanol–water partition coefficient (Wildman–Crippen LogP) is 3.88. The number of halogens is 1. The maximum atomic E-state index is 5.97. The maximum absolute atomic E-state index is 5.97. The Morgan fingerprint density at radius 1 is 1.29 bits per heavy atom. The molecule has 0 atom stereocenters. The summed E-state index contributed by atoms with van der Waals surface area (Å²) in [5, 5.41) is 5.05. The fourth-order valence-corrected chi connectivity index (χ4v) is 2.14. The molecule has 21 heavy (non-hydrogen) atoms. The topological polar surface area (TPSA) is 65.4 Å². The molecule has 2 N–H and O–H groups in total. The van der Waals surface area contributed by atoms with Crippen molar-refractivity contribution in [2.45, 2.75) is 19.8 Å². The number of nitrogens with two attached hydrogens (primary N) is 1. The highest BCUT2D eigenvalue weighted by Gasteiger charge is 2.12. The summed E-state index contributed by atoms with van der Waals surface area (Å²) < 4.78 is 7.56. The minimum absolute atomic E-state index is 0.328. The molecular formula is C15H15ClN4O. The minimum atomic E-state index is 0.328. The van der Waals surface area contributed by atoms with Gasteiger partial charge in [-0.1, -0.05) is 25.4 Å². The summed E-state index contributed by atoms with van der Waals surface area (Å²) in [6.07, 6.45) is 3.43. The van der Waals surface area contributed by atoms with Gasteiger partial charge in [0.2, 0.25) is 5.88 Å². The van der Waals surface area contributed by atoms with Gasteiger partial charge in [-0.05, 0) is 24.1 Å². The predicted molar refractivity (Wildman–Crippen MR) is 83.0 cm³/mol. The quantitative estimate of drug-likeness (QED) is 0.746. The van der Waals surface area contributed by atoms with E-state index in [4.69, 9.17) is 22.1 Å². The molecule has 3 rings (SSSR count). The Bertz CT molecular complexity index is 797. The van der Waals surface area contributed by atoms with Gasteiger partial charge in [0.25, 0.3) is 0 Å². The van der Waals surface area contributed by atoms with E-state index in [1.165, 1.54) is 0 Å². The van der Waals surface area contributed by atoms with Crippen LogP contribution in [-0.2, 0) is 0 Å². The summed E-state index contributed by atoms with van der Waals surface area (Å²) in [5.41, 5.74) is 8.18. The standard InChI is InChI=1S/C15H15ClN4O/c1-9(2)12-8-13-15(18-5-6-20(13)19-12)21-14-7-10(16)3-4-11(14)17/h3-9H,17H2,1-2H3. The summed E-state index contributed by atoms with van der Waals surface area (Å²) in [6.45, 7) is 4.18. The highest BCUT2D eigenvalue weighted by atomic mass is 35.5. The Balaban J connectivity index is 2.06. The van der Waals surface area contributed by atoms with Gasteiger partial charge in [0, 0.05) is 23.5 Å². The lowest BCUT2D eigenvalue weighted by Gasteiger charge is -2.08. The normalized spacial score (nSPS) is 11.2. The van der Waals surface area contributed by atoms with Crippen molar-refractivity contribution in [3.05, 3.63) is 47.4 Å². The van der Waals surface area contributed by atoms with E-state index in [0.717, 1.165) is 11.2 Å². The van der Waals surface area contributed by atoms with Gasteiger partial charge >= 0.3 is 0 Å². The zero-order valence-electron chi connectivity index (χ0n) is 11.7. The van der Waals surface area contributed by atoms with Crippen molar-refractivity contribution in [1.29, 1.82) is 0 Å². The van der Waals surface area contributed by atoms with Crippen molar-refractivity contribution in [3.63, 3.8) is 0 Å². The number of nitrogens with zero attached hydrogens (tertiary/aromatic N) is 3. The van der Waals surface area contributed by atoms with Crippen LogP contribution in [0.5, 0.6) is 11.6 Å². The molecule has 0 unspecified atom stereocenters. The number of anilines is 1. The summed E-state index contributed by atoms with van der Waals surface area (Å²) in [4.78, 5) is 4.26. The van der Waals surface area contributed by atoms with Gasteiger partial charge in [0.1, 0.15) is 5.52 Å². The zero-order chi connectivity index (χ0) is 15.0. The van der Waals surface area contributed by atoms with E-state index in [1.54, 1.807) is 35.1 Å². The molecule has 0 aliphatic heterocycles. The van der Waals surface area contributed by atoms with E-state index >= 15 is 0 Å². The summed E-state index contributed by atoms with van der Waals surface area (Å²) in [5.74, 6) is 1.26. The number of benzene rings is 1. The molecule has 0 amide bonds. The van der Waals surface area contributed by atoms with Crippen LogP contribution in [0, 0.1) is 0 Å². The van der Waals surface area contributed by atoms with Gasteiger partial charge in [-0.15, -0.1) is 0 Å². The lowest BCUT2D eigenvalue weighted by atomic mass is 10.1. The number of nitrogen functional groups attached to an aromatic ring is 1. The molecule has 0 saturated heterocycles. The lowest BCUT2D eigenvalue weighted by Crippen LogP contribution is -1.96. The second-order valence-corrected chi connectivity index (χ2v) is 5.51. The minimum Gasteiger partial charge on any atom is -0.435 e. The number of hydrogen-bond donors (Lipinski definition) is 1. The SMILES string of the molecule is CC(C)c1cc2c(Oc3cc(Cl)ccc3N)nccn2n1. The fraction of sp³-hybridized carbons (Fsp3) is 0.200. The van der Waals surface area contributed by atoms with Crippen LogP contribution in [0.2, 0.25) is 5.02 Å². The molecular weight excluding hydrogens is 288 g/mol. The van der Waals surface area contributed by atoms with Gasteiger partial charge in [-0.25, -0.2) is 9.50 Å². The number of aromatic nitrogens is 3. The first-order valence-corrected chi connectivity index (χ1v) is 6.99. The van der Waals surface area contributed by atoms with Crippen molar-refractivity contribution in [3.8, 4) is 11.6 Å². The second-order valence-electron chi connectivity index (χ2n) is 5.07. The Labute approximate surface area is 127 Å². The Kier molecular flexibility index (Phi) is 3.43. The Morgan fingerprint density at radius 2 is 2.10 bits per heavy atom. The molecule has 2 heterocycles. The fourth-order valence-electron chi connectivity index (χ4n) is 1.98. The van der Waals surface area contributed by atoms with E-state index < -0.39 is 0 Å². The number of hydrogen-bond acceptors (Lipinski definition) is 4. The van der Waals surface area contributed by atoms with Crippen LogP contribution in [0.15, 0.2) is 36.7 Å². The van der Waals surface area contributed by atoms with Crippen molar-refractivity contribution in [2.24, 2.45) is 0 Å². The van der Waals surface area contributed by atoms with E-state index in [0.29, 0.717) is 28.3 Å². The number of fused-ring (bicyclic) bond motifs is 1. The van der Waals surface area contributed by atoms with Gasteiger partial charge in [0.05, 0.1) is 11.4 Å². The first kappa shape index (κ1) is 13.7. The van der Waals surface area contributed by atoms with Gasteiger partial charge in [0.15, 0.2) is 5.75 Å². The van der Waals surface area contributed by atoms with Crippen LogP contribution in [0.25, 0.3) is 5.52 Å². The van der Waals surface area contributed by atoms with Crippen LogP contribution in [-0.4, -0.2) is 14.6 Å². The van der Waals surface area contributed by atoms with Crippen LogP contribution in [0.1, 0.15) is 25.5 Å². The molecule has 0 aliphatic carbocycles. The third-order valence-electron chi connectivity index (χ3n) is 3.15. The van der Waals surface area contributed by atoms with Crippen LogP contribution < -0.4 is 10.5 Å². The smallest absolute Gasteiger partial charge is 0.245 e.